The number of morpholine rings is 1. The van der Waals surface area contributed by atoms with Gasteiger partial charge in [0.1, 0.15) is 0 Å². The Morgan fingerprint density at radius 1 is 0.931 bits per heavy atom. The molecule has 2 aromatic heterocycles. The van der Waals surface area contributed by atoms with Crippen LogP contribution in [0.4, 0.5) is 11.6 Å². The lowest BCUT2D eigenvalue weighted by atomic mass is 10.3. The summed E-state index contributed by atoms with van der Waals surface area (Å²) < 4.78 is 34.4. The molecule has 0 N–H and O–H groups in total. The van der Waals surface area contributed by atoms with E-state index in [-0.39, 0.29) is 11.1 Å². The molecule has 11 heteroatoms. The van der Waals surface area contributed by atoms with Gasteiger partial charge in [-0.2, -0.15) is 4.31 Å². The molecule has 2 saturated heterocycles. The second kappa shape index (κ2) is 8.25. The molecule has 2 aliphatic rings. The fourth-order valence-electron chi connectivity index (χ4n) is 3.47. The van der Waals surface area contributed by atoms with Gasteiger partial charge in [0, 0.05) is 51.5 Å². The fourth-order valence-corrected chi connectivity index (χ4v) is 4.81. The number of nitrogens with zero attached hydrogens (tertiary/aromatic N) is 7. The molecule has 2 aromatic rings. The van der Waals surface area contributed by atoms with Crippen molar-refractivity contribution in [3.63, 3.8) is 0 Å². The zero-order valence-electron chi connectivity index (χ0n) is 16.8. The van der Waals surface area contributed by atoms with E-state index in [2.05, 4.69) is 25.0 Å². The van der Waals surface area contributed by atoms with Crippen molar-refractivity contribution in [3.05, 3.63) is 24.7 Å². The largest absolute Gasteiger partial charge is 0.378 e. The maximum Gasteiger partial charge on any atom is 0.262 e. The molecule has 0 atom stereocenters. The second-order valence-electron chi connectivity index (χ2n) is 7.49. The van der Waals surface area contributed by atoms with Crippen molar-refractivity contribution < 1.29 is 13.2 Å². The van der Waals surface area contributed by atoms with Crippen molar-refractivity contribution in [3.8, 4) is 0 Å². The van der Waals surface area contributed by atoms with Gasteiger partial charge in [-0.1, -0.05) is 0 Å². The smallest absolute Gasteiger partial charge is 0.262 e. The molecule has 0 spiro atoms. The van der Waals surface area contributed by atoms with Crippen LogP contribution in [0, 0.1) is 0 Å². The number of hydrogen-bond donors (Lipinski definition) is 0. The van der Waals surface area contributed by atoms with Gasteiger partial charge in [0.15, 0.2) is 16.7 Å². The van der Waals surface area contributed by atoms with Crippen LogP contribution in [0.2, 0.25) is 0 Å². The molecule has 2 aliphatic heterocycles. The Morgan fingerprint density at radius 3 is 2.03 bits per heavy atom. The number of piperazine rings is 1. The summed E-state index contributed by atoms with van der Waals surface area (Å²) in [5.74, 6) is 1.61. The Bertz CT molecular complexity index is 915. The van der Waals surface area contributed by atoms with Gasteiger partial charge in [-0.15, -0.1) is 10.2 Å². The summed E-state index contributed by atoms with van der Waals surface area (Å²) in [7, 11) is -3.58. The van der Waals surface area contributed by atoms with Crippen molar-refractivity contribution in [2.75, 3.05) is 62.3 Å². The molecule has 29 heavy (non-hydrogen) atoms. The highest BCUT2D eigenvalue weighted by molar-refractivity contribution is 7.89. The number of sulfonamides is 1. The van der Waals surface area contributed by atoms with Crippen molar-refractivity contribution >= 4 is 21.7 Å². The second-order valence-corrected chi connectivity index (χ2v) is 9.38. The first-order valence-electron chi connectivity index (χ1n) is 9.90. The van der Waals surface area contributed by atoms with Gasteiger partial charge in [-0.05, 0) is 26.0 Å². The predicted octanol–water partition coefficient (Wildman–Crippen LogP) is 0.602. The lowest BCUT2D eigenvalue weighted by Crippen LogP contribution is -2.49. The first kappa shape index (κ1) is 20.0. The van der Waals surface area contributed by atoms with Gasteiger partial charge in [0.2, 0.25) is 0 Å². The summed E-state index contributed by atoms with van der Waals surface area (Å²) in [5, 5.41) is 8.81. The van der Waals surface area contributed by atoms with E-state index >= 15 is 0 Å². The molecule has 2 fully saturated rings. The molecule has 0 aromatic carbocycles. The number of rotatable bonds is 5. The summed E-state index contributed by atoms with van der Waals surface area (Å²) in [6.07, 6.45) is 3.17. The third kappa shape index (κ3) is 4.21. The van der Waals surface area contributed by atoms with Crippen LogP contribution in [0.15, 0.2) is 29.7 Å². The molecule has 0 amide bonds. The van der Waals surface area contributed by atoms with E-state index in [9.17, 15) is 8.42 Å². The van der Waals surface area contributed by atoms with Gasteiger partial charge in [-0.3, -0.25) is 0 Å². The first-order valence-corrected chi connectivity index (χ1v) is 11.3. The Morgan fingerprint density at radius 2 is 1.52 bits per heavy atom. The molecular formula is C18H27N7O3S. The molecule has 0 bridgehead atoms. The lowest BCUT2D eigenvalue weighted by Gasteiger charge is -2.34. The van der Waals surface area contributed by atoms with E-state index in [4.69, 9.17) is 4.74 Å². The monoisotopic (exact) mass is 421 g/mol. The van der Waals surface area contributed by atoms with Crippen LogP contribution < -0.4 is 9.80 Å². The zero-order valence-corrected chi connectivity index (χ0v) is 17.6. The Labute approximate surface area is 171 Å². The number of imidazole rings is 1. The average molecular weight is 422 g/mol. The molecule has 4 rings (SSSR count). The quantitative estimate of drug-likeness (QED) is 0.693. The van der Waals surface area contributed by atoms with Gasteiger partial charge < -0.3 is 19.1 Å². The topological polar surface area (TPSA) is 96.7 Å². The zero-order chi connectivity index (χ0) is 20.4. The molecule has 10 nitrogen and oxygen atoms in total. The molecular weight excluding hydrogens is 394 g/mol. The molecule has 4 heterocycles. The molecule has 0 saturated carbocycles. The van der Waals surface area contributed by atoms with E-state index in [1.165, 1.54) is 4.31 Å². The minimum atomic E-state index is -3.58. The van der Waals surface area contributed by atoms with Crippen LogP contribution >= 0.6 is 0 Å². The summed E-state index contributed by atoms with van der Waals surface area (Å²) >= 11 is 0. The predicted molar refractivity (Wildman–Crippen MR) is 109 cm³/mol. The van der Waals surface area contributed by atoms with E-state index < -0.39 is 10.0 Å². The van der Waals surface area contributed by atoms with Gasteiger partial charge in [0.25, 0.3) is 10.0 Å². The first-order chi connectivity index (χ1) is 13.9. The highest BCUT2D eigenvalue weighted by Crippen LogP contribution is 2.21. The lowest BCUT2D eigenvalue weighted by molar-refractivity contribution is 0.122. The fraction of sp³-hybridized carbons (Fsp3) is 0.611. The van der Waals surface area contributed by atoms with Crippen LogP contribution in [-0.4, -0.2) is 85.0 Å². The minimum Gasteiger partial charge on any atom is -0.378 e. The summed E-state index contributed by atoms with van der Waals surface area (Å²) in [4.78, 5) is 8.32. The standard InChI is InChI=1S/C18H27N7O3S/c1-15(2)24-13-18(19-14-24)29(26,27)25-7-5-22(6-8-25)16-3-4-17(21-20-16)23-9-11-28-12-10-23/h3-4,13-15H,5-12H2,1-2H3. The van der Waals surface area contributed by atoms with Crippen molar-refractivity contribution in [2.24, 2.45) is 0 Å². The normalized spacial score (nSPS) is 19.1. The third-order valence-corrected chi connectivity index (χ3v) is 7.10. The maximum atomic E-state index is 12.9. The molecule has 158 valence electrons. The van der Waals surface area contributed by atoms with Crippen molar-refractivity contribution in [1.29, 1.82) is 0 Å². The van der Waals surface area contributed by atoms with Crippen LogP contribution in [0.1, 0.15) is 19.9 Å². The van der Waals surface area contributed by atoms with Gasteiger partial charge in [-0.25, -0.2) is 13.4 Å². The third-order valence-electron chi connectivity index (χ3n) is 5.31. The van der Waals surface area contributed by atoms with Crippen molar-refractivity contribution in [2.45, 2.75) is 24.9 Å². The molecule has 0 aliphatic carbocycles. The summed E-state index contributed by atoms with van der Waals surface area (Å²) in [6, 6.07) is 4.09. The maximum absolute atomic E-state index is 12.9. The Hall–Kier alpha value is -2.24. The van der Waals surface area contributed by atoms with E-state index in [1.807, 2.05) is 26.0 Å². The van der Waals surface area contributed by atoms with Crippen LogP contribution in [-0.2, 0) is 14.8 Å². The molecule has 0 radical (unpaired) electrons. The van der Waals surface area contributed by atoms with Gasteiger partial charge >= 0.3 is 0 Å². The SMILES string of the molecule is CC(C)n1cnc(S(=O)(=O)N2CCN(c3ccc(N4CCOCC4)nn3)CC2)c1. The van der Waals surface area contributed by atoms with Crippen LogP contribution in [0.5, 0.6) is 0 Å². The van der Waals surface area contributed by atoms with Gasteiger partial charge in [0.05, 0.1) is 19.5 Å². The Kier molecular flexibility index (Phi) is 5.70. The van der Waals surface area contributed by atoms with Crippen molar-refractivity contribution in [1.82, 2.24) is 24.1 Å². The minimum absolute atomic E-state index is 0.106. The van der Waals surface area contributed by atoms with E-state index in [0.29, 0.717) is 39.4 Å². The Balaban J connectivity index is 1.38. The van der Waals surface area contributed by atoms with Crippen LogP contribution in [0.25, 0.3) is 0 Å². The summed E-state index contributed by atoms with van der Waals surface area (Å²) in [6.45, 7) is 8.93. The van der Waals surface area contributed by atoms with Crippen LogP contribution in [0.3, 0.4) is 0 Å². The van der Waals surface area contributed by atoms with E-state index in [0.717, 1.165) is 24.7 Å². The number of aromatic nitrogens is 4. The highest BCUT2D eigenvalue weighted by Gasteiger charge is 2.31. The molecule has 0 unspecified atom stereocenters. The van der Waals surface area contributed by atoms with E-state index in [1.54, 1.807) is 17.1 Å². The summed E-state index contributed by atoms with van der Waals surface area (Å²) in [5.41, 5.74) is 0. The number of anilines is 2. The average Bonchev–Trinajstić information content (AvgIpc) is 3.26. The number of ether oxygens (including phenoxy) is 1. The number of hydrogen-bond acceptors (Lipinski definition) is 8. The highest BCUT2D eigenvalue weighted by atomic mass is 32.2.